The molecular weight excluding hydrogens is 472 g/mol. The molecule has 0 aliphatic carbocycles. The van der Waals surface area contributed by atoms with Crippen LogP contribution < -0.4 is 5.32 Å². The Morgan fingerprint density at radius 2 is 1.86 bits per heavy atom. The first-order chi connectivity index (χ1) is 17.2. The lowest BCUT2D eigenvalue weighted by Gasteiger charge is -2.49. The summed E-state index contributed by atoms with van der Waals surface area (Å²) in [6.45, 7) is 3.90. The van der Waals surface area contributed by atoms with Crippen LogP contribution in [0.25, 0.3) is 0 Å². The molecule has 0 bridgehead atoms. The van der Waals surface area contributed by atoms with E-state index >= 15 is 0 Å². The molecule has 36 heavy (non-hydrogen) atoms. The van der Waals surface area contributed by atoms with E-state index in [0.717, 1.165) is 0 Å². The Morgan fingerprint density at radius 3 is 2.56 bits per heavy atom. The number of rotatable bonds is 7. The summed E-state index contributed by atoms with van der Waals surface area (Å²) in [6.07, 6.45) is -4.28. The molecule has 2 aliphatic heterocycles. The van der Waals surface area contributed by atoms with Gasteiger partial charge in [0.15, 0.2) is 5.78 Å². The van der Waals surface area contributed by atoms with Crippen LogP contribution in [-0.4, -0.2) is 62.8 Å². The Balaban J connectivity index is 1.78. The third kappa shape index (κ3) is 5.82. The zero-order valence-electron chi connectivity index (χ0n) is 20.7. The van der Waals surface area contributed by atoms with Crippen LogP contribution in [0.2, 0.25) is 0 Å². The Labute approximate surface area is 210 Å². The molecule has 2 aliphatic rings. The second-order valence-corrected chi connectivity index (χ2v) is 10.1. The van der Waals surface area contributed by atoms with E-state index < -0.39 is 30.0 Å². The van der Waals surface area contributed by atoms with Gasteiger partial charge in [-0.15, -0.1) is 0 Å². The first kappa shape index (κ1) is 26.8. The minimum Gasteiger partial charge on any atom is -0.383 e. The molecule has 0 spiro atoms. The van der Waals surface area contributed by atoms with Crippen molar-refractivity contribution in [3.05, 3.63) is 71.0 Å². The fourth-order valence-corrected chi connectivity index (χ4v) is 6.03. The van der Waals surface area contributed by atoms with E-state index in [-0.39, 0.29) is 36.9 Å². The lowest BCUT2D eigenvalue weighted by atomic mass is 9.66. The van der Waals surface area contributed by atoms with Gasteiger partial charge >= 0.3 is 6.18 Å². The number of piperidine rings is 2. The van der Waals surface area contributed by atoms with Gasteiger partial charge in [0.05, 0.1) is 12.5 Å². The number of Topliss-reactive ketones (excluding diaryl/α,β-unsaturated/α-hetero) is 1. The van der Waals surface area contributed by atoms with E-state index in [4.69, 9.17) is 4.74 Å². The number of carbonyl (C=O) groups is 1. The molecule has 0 amide bonds. The van der Waals surface area contributed by atoms with E-state index in [2.05, 4.69) is 10.2 Å². The Kier molecular flexibility index (Phi) is 8.48. The molecule has 1 unspecified atom stereocenters. The summed E-state index contributed by atoms with van der Waals surface area (Å²) in [5, 5.41) is 3.34. The first-order valence-electron chi connectivity index (χ1n) is 12.6. The molecule has 2 aromatic rings. The van der Waals surface area contributed by atoms with Crippen LogP contribution >= 0.6 is 0 Å². The van der Waals surface area contributed by atoms with E-state index in [1.807, 2.05) is 12.1 Å². The van der Waals surface area contributed by atoms with E-state index in [0.29, 0.717) is 42.9 Å². The highest BCUT2D eigenvalue weighted by atomic mass is 19.4. The number of ether oxygens (including phenoxy) is 1. The maximum atomic E-state index is 14.7. The maximum absolute atomic E-state index is 14.7. The van der Waals surface area contributed by atoms with Gasteiger partial charge in [0.2, 0.25) is 0 Å². The third-order valence-corrected chi connectivity index (χ3v) is 7.91. The molecule has 4 nitrogen and oxygen atoms in total. The summed E-state index contributed by atoms with van der Waals surface area (Å²) < 4.78 is 61.2. The molecule has 8 heteroatoms. The SMILES string of the molecule is COCCN1CC(C(=O)c2ccccc2)[C@H](c2cccc(F)c2C)[C@@H]([C@@H]2C[C@@H](C(F)(F)F)CCN2)C1. The minimum absolute atomic E-state index is 0.0378. The summed E-state index contributed by atoms with van der Waals surface area (Å²) in [5.74, 6) is -3.09. The quantitative estimate of drug-likeness (QED) is 0.413. The Bertz CT molecular complexity index is 1030. The van der Waals surface area contributed by atoms with Crippen LogP contribution in [0.1, 0.15) is 40.2 Å². The molecule has 2 saturated heterocycles. The molecule has 2 fully saturated rings. The van der Waals surface area contributed by atoms with Crippen LogP contribution in [0, 0.1) is 30.5 Å². The minimum atomic E-state index is -4.27. The predicted octanol–water partition coefficient (Wildman–Crippen LogP) is 5.23. The van der Waals surface area contributed by atoms with Gasteiger partial charge < -0.3 is 10.1 Å². The number of carbonyl (C=O) groups excluding carboxylic acids is 1. The highest BCUT2D eigenvalue weighted by Crippen LogP contribution is 2.45. The zero-order valence-corrected chi connectivity index (χ0v) is 20.7. The number of benzene rings is 2. The first-order valence-corrected chi connectivity index (χ1v) is 12.6. The average molecular weight is 507 g/mol. The summed E-state index contributed by atoms with van der Waals surface area (Å²) in [4.78, 5) is 16.0. The van der Waals surface area contributed by atoms with Crippen LogP contribution in [0.4, 0.5) is 17.6 Å². The highest BCUT2D eigenvalue weighted by Gasteiger charge is 2.49. The van der Waals surface area contributed by atoms with Crippen LogP contribution in [0.3, 0.4) is 0 Å². The number of likely N-dealkylation sites (tertiary alicyclic amines) is 1. The molecule has 0 saturated carbocycles. The average Bonchev–Trinajstić information content (AvgIpc) is 2.88. The normalized spacial score (nSPS) is 27.7. The van der Waals surface area contributed by atoms with Crippen molar-refractivity contribution in [3.63, 3.8) is 0 Å². The summed E-state index contributed by atoms with van der Waals surface area (Å²) in [5.41, 5.74) is 1.71. The van der Waals surface area contributed by atoms with Crippen LogP contribution in [0.15, 0.2) is 48.5 Å². The van der Waals surface area contributed by atoms with Crippen LogP contribution in [-0.2, 0) is 4.74 Å². The number of nitrogens with zero attached hydrogens (tertiary/aromatic N) is 1. The number of alkyl halides is 3. The fraction of sp³-hybridized carbons (Fsp3) is 0.536. The topological polar surface area (TPSA) is 41.6 Å². The van der Waals surface area contributed by atoms with Gasteiger partial charge in [-0.3, -0.25) is 9.69 Å². The van der Waals surface area contributed by atoms with Crippen molar-refractivity contribution >= 4 is 5.78 Å². The number of hydrogen-bond donors (Lipinski definition) is 1. The van der Waals surface area contributed by atoms with Gasteiger partial charge in [-0.1, -0.05) is 42.5 Å². The molecule has 2 aromatic carbocycles. The molecule has 4 rings (SSSR count). The molecular formula is C28H34F4N2O2. The Hall–Kier alpha value is -2.29. The van der Waals surface area contributed by atoms with Gasteiger partial charge in [0.1, 0.15) is 5.82 Å². The van der Waals surface area contributed by atoms with E-state index in [9.17, 15) is 22.4 Å². The fourth-order valence-electron chi connectivity index (χ4n) is 6.03. The number of nitrogens with one attached hydrogen (secondary N) is 1. The monoisotopic (exact) mass is 506 g/mol. The smallest absolute Gasteiger partial charge is 0.383 e. The van der Waals surface area contributed by atoms with Crippen molar-refractivity contribution in [2.24, 2.45) is 17.8 Å². The molecule has 0 aromatic heterocycles. The second-order valence-electron chi connectivity index (χ2n) is 10.1. The van der Waals surface area contributed by atoms with E-state index in [1.54, 1.807) is 44.4 Å². The molecule has 2 heterocycles. The van der Waals surface area contributed by atoms with Gasteiger partial charge in [-0.25, -0.2) is 4.39 Å². The summed E-state index contributed by atoms with van der Waals surface area (Å²) >= 11 is 0. The molecule has 1 N–H and O–H groups in total. The van der Waals surface area contributed by atoms with Gasteiger partial charge in [-0.05, 0) is 49.4 Å². The number of ketones is 1. The molecule has 0 radical (unpaired) electrons. The van der Waals surface area contributed by atoms with Gasteiger partial charge in [-0.2, -0.15) is 13.2 Å². The van der Waals surface area contributed by atoms with Crippen LogP contribution in [0.5, 0.6) is 0 Å². The van der Waals surface area contributed by atoms with Gasteiger partial charge in [0, 0.05) is 50.2 Å². The standard InChI is InChI=1S/C28H34F4N2O2/c1-18-21(9-6-10-24(18)29)26-22(25-15-20(11-12-33-25)28(30,31)32)16-34(13-14-36-2)17-23(26)27(35)19-7-4-3-5-8-19/h3-10,20,22-23,25-26,33H,11-17H2,1-2H3/t20-,22+,23?,25-,26+/m0/s1. The largest absolute Gasteiger partial charge is 0.391 e. The second kappa shape index (κ2) is 11.4. The number of halogens is 4. The van der Waals surface area contributed by atoms with Crippen molar-refractivity contribution in [1.82, 2.24) is 10.2 Å². The van der Waals surface area contributed by atoms with E-state index in [1.165, 1.54) is 6.07 Å². The van der Waals surface area contributed by atoms with Crippen molar-refractivity contribution in [3.8, 4) is 0 Å². The lowest BCUT2D eigenvalue weighted by Crippen LogP contribution is -2.57. The summed E-state index contributed by atoms with van der Waals surface area (Å²) in [7, 11) is 1.60. The maximum Gasteiger partial charge on any atom is 0.391 e. The van der Waals surface area contributed by atoms with Crippen molar-refractivity contribution in [1.29, 1.82) is 0 Å². The Morgan fingerprint density at radius 1 is 1.11 bits per heavy atom. The highest BCUT2D eigenvalue weighted by molar-refractivity contribution is 5.98. The van der Waals surface area contributed by atoms with Gasteiger partial charge in [0.25, 0.3) is 0 Å². The van der Waals surface area contributed by atoms with Crippen molar-refractivity contribution < 1.29 is 27.1 Å². The molecule has 5 atom stereocenters. The van der Waals surface area contributed by atoms with Crippen molar-refractivity contribution in [2.45, 2.75) is 37.9 Å². The zero-order chi connectivity index (χ0) is 25.9. The number of hydrogen-bond acceptors (Lipinski definition) is 4. The third-order valence-electron chi connectivity index (χ3n) is 7.91. The number of methoxy groups -OCH3 is 1. The summed E-state index contributed by atoms with van der Waals surface area (Å²) in [6, 6.07) is 13.4. The molecule has 196 valence electrons. The predicted molar refractivity (Wildman–Crippen MR) is 131 cm³/mol. The van der Waals surface area contributed by atoms with Crippen molar-refractivity contribution in [2.75, 3.05) is 39.9 Å². The lowest BCUT2D eigenvalue weighted by molar-refractivity contribution is -0.185.